The third-order valence-electron chi connectivity index (χ3n) is 6.76. The number of ketones is 1. The second kappa shape index (κ2) is 9.35. The van der Waals surface area contributed by atoms with Crippen molar-refractivity contribution < 1.29 is 13.6 Å². The summed E-state index contributed by atoms with van der Waals surface area (Å²) in [7, 11) is 0. The van der Waals surface area contributed by atoms with Crippen LogP contribution >= 0.6 is 11.6 Å². The van der Waals surface area contributed by atoms with Crippen molar-refractivity contribution in [3.05, 3.63) is 46.0 Å². The molecule has 0 N–H and O–H groups in total. The molecule has 1 aromatic heterocycles. The molecule has 0 aliphatic heterocycles. The Labute approximate surface area is 187 Å². The fourth-order valence-corrected chi connectivity index (χ4v) is 4.77. The summed E-state index contributed by atoms with van der Waals surface area (Å²) in [5, 5.41) is 9.49. The summed E-state index contributed by atoms with van der Waals surface area (Å²) in [5.41, 5.74) is 1.93. The van der Waals surface area contributed by atoms with Gasteiger partial charge in [-0.05, 0) is 62.1 Å². The van der Waals surface area contributed by atoms with Gasteiger partial charge in [-0.3, -0.25) is 4.79 Å². The summed E-state index contributed by atoms with van der Waals surface area (Å²) >= 11 is 6.17. The van der Waals surface area contributed by atoms with Gasteiger partial charge in [0.2, 0.25) is 5.92 Å². The third kappa shape index (κ3) is 5.71. The summed E-state index contributed by atoms with van der Waals surface area (Å²) < 4.78 is 29.0. The van der Waals surface area contributed by atoms with Crippen molar-refractivity contribution in [3.8, 4) is 0 Å². The average Bonchev–Trinajstić information content (AvgIpc) is 3.49. The molecule has 1 aromatic carbocycles. The number of carbonyl (C=O) groups excluding carboxylic acids is 1. The van der Waals surface area contributed by atoms with Crippen molar-refractivity contribution in [1.29, 1.82) is 0 Å². The predicted octanol–water partition coefficient (Wildman–Crippen LogP) is 6.08. The Kier molecular flexibility index (Phi) is 6.75. The Morgan fingerprint density at radius 2 is 1.81 bits per heavy atom. The molecule has 0 bridgehead atoms. The lowest BCUT2D eigenvalue weighted by molar-refractivity contribution is -0.118. The molecule has 0 unspecified atom stereocenters. The molecule has 2 aromatic rings. The number of hydrogen-bond donors (Lipinski definition) is 0. The zero-order valence-corrected chi connectivity index (χ0v) is 18.8. The van der Waals surface area contributed by atoms with E-state index in [2.05, 4.69) is 14.8 Å². The number of aryl methyl sites for hydroxylation is 2. The summed E-state index contributed by atoms with van der Waals surface area (Å²) in [6, 6.07) is 6.09. The minimum atomic E-state index is -2.48. The van der Waals surface area contributed by atoms with E-state index in [1.165, 1.54) is 0 Å². The van der Waals surface area contributed by atoms with Gasteiger partial charge in [0.15, 0.2) is 0 Å². The highest BCUT2D eigenvalue weighted by Gasteiger charge is 2.35. The van der Waals surface area contributed by atoms with E-state index in [0.717, 1.165) is 48.5 Å². The van der Waals surface area contributed by atoms with Gasteiger partial charge in [-0.1, -0.05) is 23.7 Å². The molecular weight excluding hydrogens is 420 g/mol. The molecule has 0 atom stereocenters. The Morgan fingerprint density at radius 3 is 2.48 bits per heavy atom. The molecule has 2 fully saturated rings. The maximum atomic E-state index is 13.4. The van der Waals surface area contributed by atoms with Gasteiger partial charge in [-0.2, -0.15) is 0 Å². The van der Waals surface area contributed by atoms with Gasteiger partial charge in [0, 0.05) is 49.6 Å². The van der Waals surface area contributed by atoms with Crippen LogP contribution in [0.25, 0.3) is 0 Å². The lowest BCUT2D eigenvalue weighted by Crippen LogP contribution is -2.25. The number of aromatic nitrogens is 3. The summed E-state index contributed by atoms with van der Waals surface area (Å²) in [6.45, 7) is 1.94. The molecule has 0 saturated heterocycles. The first-order valence-corrected chi connectivity index (χ1v) is 11.8. The van der Waals surface area contributed by atoms with Gasteiger partial charge in [0.05, 0.1) is 0 Å². The normalized spacial score (nSPS) is 19.0. The van der Waals surface area contributed by atoms with Gasteiger partial charge >= 0.3 is 0 Å². The van der Waals surface area contributed by atoms with E-state index in [4.69, 9.17) is 11.6 Å². The van der Waals surface area contributed by atoms with Crippen molar-refractivity contribution in [2.45, 2.75) is 89.5 Å². The SMILES string of the molecule is Cc1c(Cl)cccc1CC(=O)CCc1nnc(CCC2CCC(F)(F)CC2)n1C1CC1. The number of Topliss-reactive ketones (excluding diaryl/α,β-unsaturated/α-hetero) is 1. The Bertz CT molecular complexity index is 929. The summed E-state index contributed by atoms with van der Waals surface area (Å²) in [4.78, 5) is 12.6. The second-order valence-corrected chi connectivity index (χ2v) is 9.62. The molecule has 31 heavy (non-hydrogen) atoms. The molecule has 7 heteroatoms. The van der Waals surface area contributed by atoms with E-state index in [0.29, 0.717) is 49.1 Å². The third-order valence-corrected chi connectivity index (χ3v) is 7.17. The van der Waals surface area contributed by atoms with Gasteiger partial charge in [0.25, 0.3) is 0 Å². The number of alkyl halides is 2. The molecule has 4 rings (SSSR count). The standard InChI is InChI=1S/C24H30ClF2N3O/c1-16-18(3-2-4-21(16)25)15-20(31)8-10-23-29-28-22(30(23)19-6-7-19)9-5-17-11-13-24(26,27)14-12-17/h2-4,17,19H,5-15H2,1H3. The van der Waals surface area contributed by atoms with Crippen molar-refractivity contribution in [3.63, 3.8) is 0 Å². The van der Waals surface area contributed by atoms with E-state index < -0.39 is 5.92 Å². The van der Waals surface area contributed by atoms with Gasteiger partial charge in [0.1, 0.15) is 17.4 Å². The first kappa shape index (κ1) is 22.4. The van der Waals surface area contributed by atoms with Crippen molar-refractivity contribution in [2.75, 3.05) is 0 Å². The minimum Gasteiger partial charge on any atom is -0.312 e. The Balaban J connectivity index is 1.33. The van der Waals surface area contributed by atoms with E-state index in [1.54, 1.807) is 0 Å². The highest BCUT2D eigenvalue weighted by Crippen LogP contribution is 2.39. The molecule has 2 saturated carbocycles. The molecule has 2 aliphatic carbocycles. The molecule has 168 valence electrons. The van der Waals surface area contributed by atoms with Crippen molar-refractivity contribution in [1.82, 2.24) is 14.8 Å². The maximum absolute atomic E-state index is 13.4. The van der Waals surface area contributed by atoms with Crippen LogP contribution in [-0.4, -0.2) is 26.5 Å². The number of carbonyl (C=O) groups is 1. The molecule has 0 radical (unpaired) electrons. The smallest absolute Gasteiger partial charge is 0.248 e. The zero-order chi connectivity index (χ0) is 22.0. The van der Waals surface area contributed by atoms with E-state index in [-0.39, 0.29) is 18.6 Å². The average molecular weight is 450 g/mol. The minimum absolute atomic E-state index is 0.00639. The van der Waals surface area contributed by atoms with Gasteiger partial charge < -0.3 is 4.57 Å². The lowest BCUT2D eigenvalue weighted by Gasteiger charge is -2.28. The highest BCUT2D eigenvalue weighted by molar-refractivity contribution is 6.31. The van der Waals surface area contributed by atoms with Crippen LogP contribution in [0.5, 0.6) is 0 Å². The first-order chi connectivity index (χ1) is 14.8. The molecule has 1 heterocycles. The molecular formula is C24H30ClF2N3O. The largest absolute Gasteiger partial charge is 0.312 e. The number of halogens is 3. The Hall–Kier alpha value is -1.82. The maximum Gasteiger partial charge on any atom is 0.248 e. The summed E-state index contributed by atoms with van der Waals surface area (Å²) in [6.07, 6.45) is 6.47. The highest BCUT2D eigenvalue weighted by atomic mass is 35.5. The number of nitrogens with zero attached hydrogens (tertiary/aromatic N) is 3. The number of benzene rings is 1. The van der Waals surface area contributed by atoms with Crippen LogP contribution < -0.4 is 0 Å². The van der Waals surface area contributed by atoms with E-state index in [1.807, 2.05) is 25.1 Å². The van der Waals surface area contributed by atoms with E-state index >= 15 is 0 Å². The first-order valence-electron chi connectivity index (χ1n) is 11.4. The molecule has 0 amide bonds. The van der Waals surface area contributed by atoms with Crippen LogP contribution in [0.2, 0.25) is 5.02 Å². The summed E-state index contributed by atoms with van der Waals surface area (Å²) in [5.74, 6) is -0.138. The van der Waals surface area contributed by atoms with Crippen molar-refractivity contribution in [2.24, 2.45) is 5.92 Å². The number of hydrogen-bond acceptors (Lipinski definition) is 3. The second-order valence-electron chi connectivity index (χ2n) is 9.21. The van der Waals surface area contributed by atoms with Gasteiger partial charge in [-0.15, -0.1) is 10.2 Å². The van der Waals surface area contributed by atoms with E-state index in [9.17, 15) is 13.6 Å². The van der Waals surface area contributed by atoms with Crippen LogP contribution in [-0.2, 0) is 24.1 Å². The number of rotatable bonds is 9. The van der Waals surface area contributed by atoms with Crippen LogP contribution in [0, 0.1) is 12.8 Å². The monoisotopic (exact) mass is 449 g/mol. The van der Waals surface area contributed by atoms with Crippen LogP contribution in [0.4, 0.5) is 8.78 Å². The topological polar surface area (TPSA) is 47.8 Å². The van der Waals surface area contributed by atoms with Crippen LogP contribution in [0.15, 0.2) is 18.2 Å². The van der Waals surface area contributed by atoms with Crippen LogP contribution in [0.3, 0.4) is 0 Å². The predicted molar refractivity (Wildman–Crippen MR) is 117 cm³/mol. The van der Waals surface area contributed by atoms with Gasteiger partial charge in [-0.25, -0.2) is 8.78 Å². The molecule has 2 aliphatic rings. The fraction of sp³-hybridized carbons (Fsp3) is 0.625. The van der Waals surface area contributed by atoms with Crippen LogP contribution in [0.1, 0.15) is 80.2 Å². The fourth-order valence-electron chi connectivity index (χ4n) is 4.57. The zero-order valence-electron chi connectivity index (χ0n) is 18.0. The Morgan fingerprint density at radius 1 is 1.13 bits per heavy atom. The quantitative estimate of drug-likeness (QED) is 0.466. The van der Waals surface area contributed by atoms with Crippen molar-refractivity contribution >= 4 is 17.4 Å². The lowest BCUT2D eigenvalue weighted by atomic mass is 9.84. The molecule has 4 nitrogen and oxygen atoms in total. The molecule has 0 spiro atoms.